The summed E-state index contributed by atoms with van der Waals surface area (Å²) in [7, 11) is 1.92. The molecule has 0 saturated heterocycles. The topological polar surface area (TPSA) is 24.9 Å². The van der Waals surface area contributed by atoms with E-state index in [2.05, 4.69) is 41.1 Å². The van der Waals surface area contributed by atoms with Crippen LogP contribution in [0.3, 0.4) is 0 Å². The van der Waals surface area contributed by atoms with Crippen molar-refractivity contribution in [2.24, 2.45) is 5.92 Å². The summed E-state index contributed by atoms with van der Waals surface area (Å²) in [5, 5.41) is 3.96. The number of hydrogen-bond donors (Lipinski definition) is 1. The molecule has 1 fully saturated rings. The molecule has 1 aromatic heterocycles. The van der Waals surface area contributed by atoms with Crippen LogP contribution in [0.15, 0.2) is 18.3 Å². The molecule has 0 aliphatic heterocycles. The second-order valence-electron chi connectivity index (χ2n) is 5.00. The number of aromatic nitrogens is 1. The van der Waals surface area contributed by atoms with Gasteiger partial charge in [-0.05, 0) is 36.5 Å². The third-order valence-corrected chi connectivity index (χ3v) is 4.85. The third kappa shape index (κ3) is 3.91. The van der Waals surface area contributed by atoms with E-state index >= 15 is 0 Å². The Balaban J connectivity index is 1.84. The average Bonchev–Trinajstić information content (AvgIpc) is 2.37. The molecule has 1 N–H and O–H groups in total. The molecule has 1 aromatic rings. The Labute approximate surface area is 109 Å². The zero-order valence-corrected chi connectivity index (χ0v) is 11.6. The Bertz CT molecular complexity index is 354. The summed E-state index contributed by atoms with van der Waals surface area (Å²) in [4.78, 5) is 4.24. The van der Waals surface area contributed by atoms with Gasteiger partial charge in [0.25, 0.3) is 0 Å². The maximum atomic E-state index is 4.24. The summed E-state index contributed by atoms with van der Waals surface area (Å²) < 4.78 is 0. The minimum Gasteiger partial charge on any atom is -0.373 e. The van der Waals surface area contributed by atoms with Crippen molar-refractivity contribution in [2.45, 2.75) is 43.6 Å². The molecule has 1 aliphatic carbocycles. The molecular weight excluding hydrogens is 228 g/mol. The zero-order valence-electron chi connectivity index (χ0n) is 10.8. The number of nitrogens with one attached hydrogen (secondary N) is 1. The Morgan fingerprint density at radius 3 is 3.12 bits per heavy atom. The summed E-state index contributed by atoms with van der Waals surface area (Å²) in [6.07, 6.45) is 7.53. The molecule has 0 bridgehead atoms. The van der Waals surface area contributed by atoms with Crippen molar-refractivity contribution in [1.82, 2.24) is 4.98 Å². The molecule has 0 aromatic carbocycles. The minimum absolute atomic E-state index is 0.866. The highest BCUT2D eigenvalue weighted by Crippen LogP contribution is 2.33. The average molecular weight is 250 g/mol. The fraction of sp³-hybridized carbons (Fsp3) is 0.643. The first-order valence-electron chi connectivity index (χ1n) is 6.52. The molecule has 0 spiro atoms. The molecule has 1 heterocycles. The van der Waals surface area contributed by atoms with Crippen molar-refractivity contribution >= 4 is 17.6 Å². The van der Waals surface area contributed by atoms with Crippen molar-refractivity contribution in [1.29, 1.82) is 0 Å². The molecule has 17 heavy (non-hydrogen) atoms. The zero-order chi connectivity index (χ0) is 12.1. The van der Waals surface area contributed by atoms with Gasteiger partial charge in [0.05, 0.1) is 0 Å². The van der Waals surface area contributed by atoms with Gasteiger partial charge >= 0.3 is 0 Å². The molecule has 2 atom stereocenters. The number of hydrogen-bond acceptors (Lipinski definition) is 3. The minimum atomic E-state index is 0.866. The van der Waals surface area contributed by atoms with E-state index in [1.165, 1.54) is 31.2 Å². The first-order chi connectivity index (χ1) is 8.28. The van der Waals surface area contributed by atoms with Gasteiger partial charge in [0.2, 0.25) is 0 Å². The fourth-order valence-electron chi connectivity index (χ4n) is 2.44. The van der Waals surface area contributed by atoms with Gasteiger partial charge in [0.1, 0.15) is 5.82 Å². The molecule has 2 rings (SSSR count). The summed E-state index contributed by atoms with van der Waals surface area (Å²) in [6.45, 7) is 2.39. The molecular formula is C14H22N2S. The largest absolute Gasteiger partial charge is 0.373 e. The Hall–Kier alpha value is -0.700. The first-order valence-corrected chi connectivity index (χ1v) is 7.57. The van der Waals surface area contributed by atoms with E-state index in [0.717, 1.165) is 22.7 Å². The normalized spacial score (nSPS) is 24.6. The van der Waals surface area contributed by atoms with Crippen molar-refractivity contribution in [3.05, 3.63) is 23.9 Å². The summed E-state index contributed by atoms with van der Waals surface area (Å²) in [6, 6.07) is 4.28. The van der Waals surface area contributed by atoms with Crippen LogP contribution < -0.4 is 5.32 Å². The van der Waals surface area contributed by atoms with Gasteiger partial charge in [-0.3, -0.25) is 0 Å². The molecule has 0 radical (unpaired) electrons. The predicted molar refractivity (Wildman–Crippen MR) is 76.5 cm³/mol. The van der Waals surface area contributed by atoms with Crippen LogP contribution in [0.4, 0.5) is 5.82 Å². The molecule has 94 valence electrons. The van der Waals surface area contributed by atoms with Crippen LogP contribution in [0.1, 0.15) is 38.2 Å². The smallest absolute Gasteiger partial charge is 0.125 e. The van der Waals surface area contributed by atoms with Crippen LogP contribution >= 0.6 is 11.8 Å². The van der Waals surface area contributed by atoms with E-state index < -0.39 is 0 Å². The monoisotopic (exact) mass is 250 g/mol. The van der Waals surface area contributed by atoms with Gasteiger partial charge in [0.15, 0.2) is 0 Å². The van der Waals surface area contributed by atoms with E-state index in [1.54, 1.807) is 0 Å². The van der Waals surface area contributed by atoms with Crippen molar-refractivity contribution in [2.75, 3.05) is 12.4 Å². The maximum absolute atomic E-state index is 4.24. The predicted octanol–water partition coefficient (Wildman–Crippen LogP) is 3.94. The quantitative estimate of drug-likeness (QED) is 0.876. The number of thioether (sulfide) groups is 1. The lowest BCUT2D eigenvalue weighted by Gasteiger charge is -2.26. The summed E-state index contributed by atoms with van der Waals surface area (Å²) >= 11 is 2.12. The molecule has 1 aliphatic rings. The van der Waals surface area contributed by atoms with Gasteiger partial charge in [-0.25, -0.2) is 4.98 Å². The first kappa shape index (κ1) is 12.7. The van der Waals surface area contributed by atoms with Gasteiger partial charge in [0, 0.05) is 24.2 Å². The number of nitrogens with zero attached hydrogens (tertiary/aromatic N) is 1. The summed E-state index contributed by atoms with van der Waals surface area (Å²) in [5.41, 5.74) is 1.38. The van der Waals surface area contributed by atoms with Crippen LogP contribution in [0, 0.1) is 5.92 Å². The molecule has 2 unspecified atom stereocenters. The maximum Gasteiger partial charge on any atom is 0.125 e. The van der Waals surface area contributed by atoms with E-state index in [4.69, 9.17) is 0 Å². The number of rotatable bonds is 4. The second kappa shape index (κ2) is 6.29. The lowest BCUT2D eigenvalue weighted by molar-refractivity contribution is 0.394. The lowest BCUT2D eigenvalue weighted by Crippen LogP contribution is -2.15. The Morgan fingerprint density at radius 2 is 2.35 bits per heavy atom. The van der Waals surface area contributed by atoms with Crippen LogP contribution in [-0.2, 0) is 5.75 Å². The highest BCUT2D eigenvalue weighted by atomic mass is 32.2. The second-order valence-corrected chi connectivity index (χ2v) is 6.29. The molecule has 0 amide bonds. The lowest BCUT2D eigenvalue weighted by atomic mass is 9.91. The summed E-state index contributed by atoms with van der Waals surface area (Å²) in [5.74, 6) is 3.01. The molecule has 1 saturated carbocycles. The highest BCUT2D eigenvalue weighted by molar-refractivity contribution is 7.99. The number of anilines is 1. The van der Waals surface area contributed by atoms with Crippen LogP contribution in [0.5, 0.6) is 0 Å². The van der Waals surface area contributed by atoms with Crippen molar-refractivity contribution in [3.63, 3.8) is 0 Å². The van der Waals surface area contributed by atoms with Crippen molar-refractivity contribution in [3.8, 4) is 0 Å². The standard InChI is InChI=1S/C14H22N2S/c1-11-4-3-5-13(8-11)17-10-12-6-7-16-14(9-12)15-2/h6-7,9,11,13H,3-5,8,10H2,1-2H3,(H,15,16). The molecule has 2 nitrogen and oxygen atoms in total. The molecule has 3 heteroatoms. The third-order valence-electron chi connectivity index (χ3n) is 3.45. The van der Waals surface area contributed by atoms with E-state index in [1.807, 2.05) is 13.2 Å². The Morgan fingerprint density at radius 1 is 1.47 bits per heavy atom. The van der Waals surface area contributed by atoms with Crippen molar-refractivity contribution < 1.29 is 0 Å². The van der Waals surface area contributed by atoms with Crippen LogP contribution in [-0.4, -0.2) is 17.3 Å². The van der Waals surface area contributed by atoms with Crippen LogP contribution in [0.25, 0.3) is 0 Å². The Kier molecular flexibility index (Phi) is 4.72. The number of pyridine rings is 1. The van der Waals surface area contributed by atoms with Gasteiger partial charge < -0.3 is 5.32 Å². The van der Waals surface area contributed by atoms with Crippen LogP contribution in [0.2, 0.25) is 0 Å². The van der Waals surface area contributed by atoms with Gasteiger partial charge in [-0.2, -0.15) is 11.8 Å². The van der Waals surface area contributed by atoms with Gasteiger partial charge in [-0.15, -0.1) is 0 Å². The van der Waals surface area contributed by atoms with E-state index in [-0.39, 0.29) is 0 Å². The van der Waals surface area contributed by atoms with E-state index in [9.17, 15) is 0 Å². The van der Waals surface area contributed by atoms with E-state index in [0.29, 0.717) is 0 Å². The SMILES string of the molecule is CNc1cc(CSC2CCCC(C)C2)ccn1. The van der Waals surface area contributed by atoms with Gasteiger partial charge in [-0.1, -0.05) is 19.8 Å². The highest BCUT2D eigenvalue weighted by Gasteiger charge is 2.18. The fourth-order valence-corrected chi connectivity index (χ4v) is 3.85.